The summed E-state index contributed by atoms with van der Waals surface area (Å²) in [6, 6.07) is 9.73. The van der Waals surface area contributed by atoms with Crippen molar-refractivity contribution in [1.82, 2.24) is 19.5 Å². The molecule has 184 valence electrons. The zero-order valence-electron chi connectivity index (χ0n) is 19.7. The summed E-state index contributed by atoms with van der Waals surface area (Å²) in [6.07, 6.45) is 10.8. The number of urea groups is 1. The van der Waals surface area contributed by atoms with Gasteiger partial charge in [0.15, 0.2) is 0 Å². The molecule has 0 atom stereocenters. The predicted octanol–water partition coefficient (Wildman–Crippen LogP) is 3.68. The molecule has 1 aliphatic carbocycles. The van der Waals surface area contributed by atoms with E-state index in [1.807, 2.05) is 12.1 Å². The number of nitrogens with zero attached hydrogens (tertiary/aromatic N) is 3. The molecule has 2 aromatic rings. The number of benzene rings is 1. The van der Waals surface area contributed by atoms with Crippen molar-refractivity contribution in [2.75, 3.05) is 38.0 Å². The molecular weight excluding hydrogens is 450 g/mol. The molecule has 4 rings (SSSR count). The maximum absolute atomic E-state index is 13.2. The number of aromatic nitrogens is 1. The topological polar surface area (TPSA) is 94.6 Å². The fourth-order valence-corrected chi connectivity index (χ4v) is 6.29. The maximum Gasteiger partial charge on any atom is 0.319 e. The van der Waals surface area contributed by atoms with E-state index in [1.165, 1.54) is 32.1 Å². The Labute approximate surface area is 202 Å². The van der Waals surface area contributed by atoms with Gasteiger partial charge in [0.1, 0.15) is 0 Å². The van der Waals surface area contributed by atoms with E-state index < -0.39 is 10.0 Å². The highest BCUT2D eigenvalue weighted by Gasteiger charge is 2.28. The number of nitrogens with one attached hydrogen (secondary N) is 2. The molecule has 1 aromatic carbocycles. The second-order valence-electron chi connectivity index (χ2n) is 9.26. The summed E-state index contributed by atoms with van der Waals surface area (Å²) in [5, 5.41) is 5.50. The van der Waals surface area contributed by atoms with E-state index in [4.69, 9.17) is 0 Å². The summed E-state index contributed by atoms with van der Waals surface area (Å²) < 4.78 is 28.1. The van der Waals surface area contributed by atoms with Crippen LogP contribution in [0, 0.1) is 5.92 Å². The van der Waals surface area contributed by atoms with Gasteiger partial charge in [0.2, 0.25) is 10.0 Å². The van der Waals surface area contributed by atoms with E-state index in [1.54, 1.807) is 41.0 Å². The van der Waals surface area contributed by atoms with Gasteiger partial charge in [-0.05, 0) is 67.6 Å². The summed E-state index contributed by atoms with van der Waals surface area (Å²) in [7, 11) is -3.56. The van der Waals surface area contributed by atoms with Crippen LogP contribution >= 0.6 is 0 Å². The average molecular weight is 486 g/mol. The van der Waals surface area contributed by atoms with E-state index in [0.717, 1.165) is 37.5 Å². The lowest BCUT2D eigenvalue weighted by Crippen LogP contribution is -2.36. The highest BCUT2D eigenvalue weighted by atomic mass is 32.2. The molecule has 2 amide bonds. The van der Waals surface area contributed by atoms with Crippen molar-refractivity contribution in [2.45, 2.75) is 50.0 Å². The number of carbonyl (C=O) groups is 1. The van der Waals surface area contributed by atoms with E-state index in [2.05, 4.69) is 20.5 Å². The molecule has 1 aliphatic heterocycles. The molecule has 1 saturated carbocycles. The van der Waals surface area contributed by atoms with Crippen LogP contribution in [0.25, 0.3) is 0 Å². The molecule has 2 N–H and O–H groups in total. The van der Waals surface area contributed by atoms with E-state index >= 15 is 0 Å². The first-order valence-electron chi connectivity index (χ1n) is 12.3. The molecule has 2 aliphatic rings. The Morgan fingerprint density at radius 2 is 1.76 bits per heavy atom. The second kappa shape index (κ2) is 11.8. The first-order chi connectivity index (χ1) is 16.5. The number of pyridine rings is 1. The number of hydrogen-bond donors (Lipinski definition) is 2. The molecule has 0 unspecified atom stereocenters. The van der Waals surface area contributed by atoms with E-state index in [9.17, 15) is 13.2 Å². The Hall–Kier alpha value is -2.49. The van der Waals surface area contributed by atoms with Gasteiger partial charge in [0, 0.05) is 50.8 Å². The van der Waals surface area contributed by atoms with Gasteiger partial charge in [0.05, 0.1) is 4.90 Å². The number of amides is 2. The van der Waals surface area contributed by atoms with E-state index in [-0.39, 0.29) is 10.9 Å². The number of anilines is 1. The normalized spacial score (nSPS) is 18.8. The predicted molar refractivity (Wildman–Crippen MR) is 133 cm³/mol. The van der Waals surface area contributed by atoms with Gasteiger partial charge < -0.3 is 15.5 Å². The molecule has 34 heavy (non-hydrogen) atoms. The van der Waals surface area contributed by atoms with Crippen molar-refractivity contribution in [3.63, 3.8) is 0 Å². The van der Waals surface area contributed by atoms with Crippen LogP contribution in [-0.2, 0) is 16.6 Å². The van der Waals surface area contributed by atoms with Crippen LogP contribution in [0.4, 0.5) is 10.5 Å². The number of rotatable bonds is 7. The fraction of sp³-hybridized carbons (Fsp3) is 0.520. The highest BCUT2D eigenvalue weighted by molar-refractivity contribution is 7.89. The van der Waals surface area contributed by atoms with Crippen molar-refractivity contribution in [3.05, 3.63) is 54.4 Å². The summed E-state index contributed by atoms with van der Waals surface area (Å²) in [6.45, 7) is 4.26. The van der Waals surface area contributed by atoms with Gasteiger partial charge in [-0.2, -0.15) is 4.31 Å². The summed E-state index contributed by atoms with van der Waals surface area (Å²) >= 11 is 0. The lowest BCUT2D eigenvalue weighted by Gasteiger charge is -2.28. The molecule has 9 heteroatoms. The number of hydrogen-bond acceptors (Lipinski definition) is 5. The molecule has 0 bridgehead atoms. The van der Waals surface area contributed by atoms with Gasteiger partial charge in [-0.25, -0.2) is 13.2 Å². The first kappa shape index (κ1) is 24.6. The Morgan fingerprint density at radius 3 is 2.50 bits per heavy atom. The second-order valence-corrected chi connectivity index (χ2v) is 11.2. The van der Waals surface area contributed by atoms with E-state index in [0.29, 0.717) is 25.3 Å². The van der Waals surface area contributed by atoms with Crippen molar-refractivity contribution >= 4 is 21.7 Å². The van der Waals surface area contributed by atoms with Crippen LogP contribution in [0.15, 0.2) is 53.7 Å². The largest absolute Gasteiger partial charge is 0.334 e. The minimum absolute atomic E-state index is 0.259. The summed E-state index contributed by atoms with van der Waals surface area (Å²) in [4.78, 5) is 18.9. The molecule has 0 radical (unpaired) electrons. The van der Waals surface area contributed by atoms with Crippen LogP contribution < -0.4 is 10.6 Å². The zero-order chi connectivity index (χ0) is 23.8. The number of carbonyl (C=O) groups excluding carboxylic acids is 1. The standard InChI is InChI=1S/C25H35N5O3S/c31-25(27-19-22-8-4-13-26-18-22)28-23-9-11-24(12-10-23)34(32,33)30-15-5-14-29(16-17-30)20-21-6-2-1-3-7-21/h4,8-13,18,21H,1-3,5-7,14-17,19-20H2,(H2,27,28,31). The van der Waals surface area contributed by atoms with Crippen molar-refractivity contribution in [1.29, 1.82) is 0 Å². The van der Waals surface area contributed by atoms with Gasteiger partial charge in [-0.1, -0.05) is 25.3 Å². The van der Waals surface area contributed by atoms with Crippen molar-refractivity contribution in [2.24, 2.45) is 5.92 Å². The molecule has 2 fully saturated rings. The van der Waals surface area contributed by atoms with Crippen LogP contribution in [0.3, 0.4) is 0 Å². The van der Waals surface area contributed by atoms with Crippen molar-refractivity contribution in [3.8, 4) is 0 Å². The molecule has 8 nitrogen and oxygen atoms in total. The minimum atomic E-state index is -3.56. The Kier molecular flexibility index (Phi) is 8.53. The molecule has 2 heterocycles. The van der Waals surface area contributed by atoms with Gasteiger partial charge >= 0.3 is 6.03 Å². The maximum atomic E-state index is 13.2. The smallest absolute Gasteiger partial charge is 0.319 e. The summed E-state index contributed by atoms with van der Waals surface area (Å²) in [5.74, 6) is 0.763. The SMILES string of the molecule is O=C(NCc1cccnc1)Nc1ccc(S(=O)(=O)N2CCCN(CC3CCCCC3)CC2)cc1. The van der Waals surface area contributed by atoms with Crippen LogP contribution in [0.2, 0.25) is 0 Å². The van der Waals surface area contributed by atoms with Gasteiger partial charge in [-0.15, -0.1) is 0 Å². The van der Waals surface area contributed by atoms with Crippen molar-refractivity contribution < 1.29 is 13.2 Å². The lowest BCUT2D eigenvalue weighted by molar-refractivity contribution is 0.208. The molecular formula is C25H35N5O3S. The monoisotopic (exact) mass is 485 g/mol. The molecule has 0 spiro atoms. The quantitative estimate of drug-likeness (QED) is 0.624. The van der Waals surface area contributed by atoms with Crippen LogP contribution in [-0.4, -0.2) is 61.4 Å². The molecule has 1 aromatic heterocycles. The first-order valence-corrected chi connectivity index (χ1v) is 13.7. The van der Waals surface area contributed by atoms with Crippen LogP contribution in [0.5, 0.6) is 0 Å². The minimum Gasteiger partial charge on any atom is -0.334 e. The average Bonchev–Trinajstić information content (AvgIpc) is 3.10. The molecule has 1 saturated heterocycles. The Bertz CT molecular complexity index is 1020. The fourth-order valence-electron chi connectivity index (χ4n) is 4.82. The lowest BCUT2D eigenvalue weighted by atomic mass is 9.89. The zero-order valence-corrected chi connectivity index (χ0v) is 20.5. The van der Waals surface area contributed by atoms with Gasteiger partial charge in [-0.3, -0.25) is 4.98 Å². The number of sulfonamides is 1. The third-order valence-electron chi connectivity index (χ3n) is 6.71. The Morgan fingerprint density at radius 1 is 0.971 bits per heavy atom. The van der Waals surface area contributed by atoms with Crippen LogP contribution in [0.1, 0.15) is 44.1 Å². The Balaban J connectivity index is 1.29. The third-order valence-corrected chi connectivity index (χ3v) is 8.63. The third kappa shape index (κ3) is 6.77. The summed E-state index contributed by atoms with van der Waals surface area (Å²) in [5.41, 5.74) is 1.44. The highest BCUT2D eigenvalue weighted by Crippen LogP contribution is 2.25. The van der Waals surface area contributed by atoms with Gasteiger partial charge in [0.25, 0.3) is 0 Å².